The molecule has 7 heteroatoms. The van der Waals surface area contributed by atoms with Crippen LogP contribution in [0.3, 0.4) is 0 Å². The quantitative estimate of drug-likeness (QED) is 0.682. The van der Waals surface area contributed by atoms with Crippen molar-refractivity contribution in [3.8, 4) is 17.6 Å². The van der Waals surface area contributed by atoms with Gasteiger partial charge in [0.2, 0.25) is 0 Å². The lowest BCUT2D eigenvalue weighted by atomic mass is 10.1. The fourth-order valence-corrected chi connectivity index (χ4v) is 1.67. The third-order valence-corrected chi connectivity index (χ3v) is 2.59. The summed E-state index contributed by atoms with van der Waals surface area (Å²) in [6.07, 6.45) is 0. The van der Waals surface area contributed by atoms with Crippen LogP contribution in [0.4, 0.5) is 5.69 Å². The van der Waals surface area contributed by atoms with Gasteiger partial charge in [-0.15, -0.1) is 0 Å². The van der Waals surface area contributed by atoms with E-state index in [1.54, 1.807) is 18.2 Å². The van der Waals surface area contributed by atoms with Gasteiger partial charge in [0.15, 0.2) is 0 Å². The van der Waals surface area contributed by atoms with Gasteiger partial charge in [0, 0.05) is 12.1 Å². The summed E-state index contributed by atoms with van der Waals surface area (Å²) in [5.74, 6) is -0.953. The number of hydrogen-bond donors (Lipinski definition) is 1. The van der Waals surface area contributed by atoms with E-state index in [9.17, 15) is 14.9 Å². The number of nitro groups is 1. The highest BCUT2D eigenvalue weighted by Gasteiger charge is 2.20. The molecule has 2 aromatic carbocycles. The van der Waals surface area contributed by atoms with Crippen molar-refractivity contribution in [1.82, 2.24) is 0 Å². The molecule has 0 aliphatic rings. The van der Waals surface area contributed by atoms with Crippen LogP contribution in [0.5, 0.6) is 11.5 Å². The van der Waals surface area contributed by atoms with Gasteiger partial charge in [-0.3, -0.25) is 10.1 Å². The van der Waals surface area contributed by atoms with E-state index >= 15 is 0 Å². The van der Waals surface area contributed by atoms with Crippen LogP contribution in [0.25, 0.3) is 0 Å². The number of carbonyl (C=O) groups is 1. The molecule has 1 N–H and O–H groups in total. The number of carboxylic acid groups (broad SMARTS) is 1. The fraction of sp³-hybridized carbons (Fsp3) is 0. The molecule has 0 amide bonds. The van der Waals surface area contributed by atoms with Crippen molar-refractivity contribution in [2.45, 2.75) is 0 Å². The molecule has 0 aliphatic carbocycles. The molecule has 7 nitrogen and oxygen atoms in total. The molecular formula is C14H8N2O5. The summed E-state index contributed by atoms with van der Waals surface area (Å²) in [4.78, 5) is 21.0. The first-order valence-corrected chi connectivity index (χ1v) is 5.71. The fourth-order valence-electron chi connectivity index (χ4n) is 1.67. The first-order valence-electron chi connectivity index (χ1n) is 5.71. The maximum Gasteiger partial charge on any atom is 0.342 e. The van der Waals surface area contributed by atoms with Crippen LogP contribution < -0.4 is 4.74 Å². The maximum absolute atomic E-state index is 11.0. The minimum absolute atomic E-state index is 0.132. The Labute approximate surface area is 118 Å². The molecule has 2 aromatic rings. The summed E-state index contributed by atoms with van der Waals surface area (Å²) in [5.41, 5.74) is -0.595. The number of nitro benzene ring substituents is 1. The van der Waals surface area contributed by atoms with Gasteiger partial charge in [0.25, 0.3) is 5.69 Å². The van der Waals surface area contributed by atoms with Crippen molar-refractivity contribution in [2.24, 2.45) is 0 Å². The van der Waals surface area contributed by atoms with Gasteiger partial charge < -0.3 is 9.84 Å². The highest BCUT2D eigenvalue weighted by Crippen LogP contribution is 2.28. The Kier molecular flexibility index (Phi) is 3.81. The van der Waals surface area contributed by atoms with E-state index in [0.29, 0.717) is 11.3 Å². The molecule has 0 saturated heterocycles. The summed E-state index contributed by atoms with van der Waals surface area (Å²) >= 11 is 0. The minimum atomic E-state index is -1.42. The van der Waals surface area contributed by atoms with Crippen LogP contribution in [0, 0.1) is 21.4 Å². The van der Waals surface area contributed by atoms with Gasteiger partial charge in [-0.25, -0.2) is 4.79 Å². The van der Waals surface area contributed by atoms with Crippen molar-refractivity contribution in [2.75, 3.05) is 0 Å². The van der Waals surface area contributed by atoms with E-state index in [1.165, 1.54) is 12.1 Å². The maximum atomic E-state index is 11.0. The van der Waals surface area contributed by atoms with E-state index in [4.69, 9.17) is 15.1 Å². The number of nitrogens with zero attached hydrogens (tertiary/aromatic N) is 2. The molecule has 0 spiro atoms. The molecule has 0 bridgehead atoms. The smallest absolute Gasteiger partial charge is 0.342 e. The van der Waals surface area contributed by atoms with Crippen LogP contribution in [0.2, 0.25) is 0 Å². The van der Waals surface area contributed by atoms with E-state index in [0.717, 1.165) is 12.1 Å². The van der Waals surface area contributed by atoms with Crippen molar-refractivity contribution < 1.29 is 19.6 Å². The molecule has 0 saturated carbocycles. The Morgan fingerprint density at radius 1 is 1.24 bits per heavy atom. The summed E-state index contributed by atoms with van der Waals surface area (Å²) < 4.78 is 5.41. The zero-order valence-electron chi connectivity index (χ0n) is 10.5. The Hall–Kier alpha value is -3.40. The standard InChI is InChI=1S/C14H8N2O5/c15-8-9-2-1-3-10(6-9)21-11-4-5-13(16(19)20)12(7-11)14(17)18/h1-7H,(H,17,18). The van der Waals surface area contributed by atoms with Crippen molar-refractivity contribution in [3.05, 3.63) is 63.7 Å². The third-order valence-electron chi connectivity index (χ3n) is 2.59. The molecule has 2 rings (SSSR count). The van der Waals surface area contributed by atoms with Gasteiger partial charge >= 0.3 is 5.97 Å². The van der Waals surface area contributed by atoms with Crippen molar-refractivity contribution >= 4 is 11.7 Å². The van der Waals surface area contributed by atoms with E-state index < -0.39 is 22.1 Å². The second-order valence-electron chi connectivity index (χ2n) is 3.98. The number of ether oxygens (including phenoxy) is 1. The van der Waals surface area contributed by atoms with Crippen LogP contribution in [-0.2, 0) is 0 Å². The highest BCUT2D eigenvalue weighted by atomic mass is 16.6. The number of nitriles is 1. The molecule has 0 aromatic heterocycles. The lowest BCUT2D eigenvalue weighted by Crippen LogP contribution is -2.02. The summed E-state index contributed by atoms with van der Waals surface area (Å²) in [7, 11) is 0. The molecule has 0 atom stereocenters. The Morgan fingerprint density at radius 2 is 1.95 bits per heavy atom. The molecule has 0 fully saturated rings. The SMILES string of the molecule is N#Cc1cccc(Oc2ccc([N+](=O)[O-])c(C(=O)O)c2)c1. The van der Waals surface area contributed by atoms with Gasteiger partial charge in [-0.05, 0) is 24.3 Å². The normalized spacial score (nSPS) is 9.67. The van der Waals surface area contributed by atoms with Crippen molar-refractivity contribution in [1.29, 1.82) is 5.26 Å². The first kappa shape index (κ1) is 14.0. The predicted octanol–water partition coefficient (Wildman–Crippen LogP) is 2.96. The van der Waals surface area contributed by atoms with Gasteiger partial charge in [-0.2, -0.15) is 5.26 Å². The second kappa shape index (κ2) is 5.71. The van der Waals surface area contributed by atoms with Crippen LogP contribution >= 0.6 is 0 Å². The molecule has 0 unspecified atom stereocenters. The average molecular weight is 284 g/mol. The second-order valence-corrected chi connectivity index (χ2v) is 3.98. The van der Waals surface area contributed by atoms with Gasteiger partial charge in [0.1, 0.15) is 17.1 Å². The number of carboxylic acids is 1. The molecule has 0 aliphatic heterocycles. The van der Waals surface area contributed by atoms with Crippen LogP contribution in [-0.4, -0.2) is 16.0 Å². The highest BCUT2D eigenvalue weighted by molar-refractivity contribution is 5.92. The number of rotatable bonds is 4. The molecule has 104 valence electrons. The number of hydrogen-bond acceptors (Lipinski definition) is 5. The molecule has 0 radical (unpaired) electrons. The molecular weight excluding hydrogens is 276 g/mol. The molecule has 0 heterocycles. The van der Waals surface area contributed by atoms with E-state index in [-0.39, 0.29) is 5.75 Å². The summed E-state index contributed by atoms with van der Waals surface area (Å²) in [6, 6.07) is 11.6. The van der Waals surface area contributed by atoms with E-state index in [2.05, 4.69) is 0 Å². The summed E-state index contributed by atoms with van der Waals surface area (Å²) in [5, 5.41) is 28.5. The van der Waals surface area contributed by atoms with Crippen molar-refractivity contribution in [3.63, 3.8) is 0 Å². The molecule has 21 heavy (non-hydrogen) atoms. The van der Waals surface area contributed by atoms with E-state index in [1.807, 2.05) is 6.07 Å². The van der Waals surface area contributed by atoms with Gasteiger partial charge in [-0.1, -0.05) is 6.07 Å². The Bertz CT molecular complexity index is 764. The summed E-state index contributed by atoms with van der Waals surface area (Å²) in [6.45, 7) is 0. The lowest BCUT2D eigenvalue weighted by Gasteiger charge is -2.07. The number of aromatic carboxylic acids is 1. The monoisotopic (exact) mass is 284 g/mol. The predicted molar refractivity (Wildman–Crippen MR) is 71.3 cm³/mol. The van der Waals surface area contributed by atoms with Gasteiger partial charge in [0.05, 0.1) is 16.6 Å². The Balaban J connectivity index is 2.37. The van der Waals surface area contributed by atoms with Crippen LogP contribution in [0.1, 0.15) is 15.9 Å². The largest absolute Gasteiger partial charge is 0.477 e. The zero-order chi connectivity index (χ0) is 15.4. The number of benzene rings is 2. The first-order chi connectivity index (χ1) is 10.0. The zero-order valence-corrected chi connectivity index (χ0v) is 10.5. The topological polar surface area (TPSA) is 113 Å². The Morgan fingerprint density at radius 3 is 2.57 bits per heavy atom. The third kappa shape index (κ3) is 3.13. The van der Waals surface area contributed by atoms with Crippen LogP contribution in [0.15, 0.2) is 42.5 Å². The average Bonchev–Trinajstić information content (AvgIpc) is 2.47. The minimum Gasteiger partial charge on any atom is -0.477 e. The lowest BCUT2D eigenvalue weighted by molar-refractivity contribution is -0.385.